The van der Waals surface area contributed by atoms with Gasteiger partial charge < -0.3 is 9.84 Å². The van der Waals surface area contributed by atoms with Crippen LogP contribution in [0.2, 0.25) is 5.02 Å². The number of halogens is 1. The number of aryl methyl sites for hydroxylation is 1. The lowest BCUT2D eigenvalue weighted by molar-refractivity contribution is -0.151. The molecule has 6 heteroatoms. The van der Waals surface area contributed by atoms with Gasteiger partial charge >= 0.3 is 5.97 Å². The van der Waals surface area contributed by atoms with E-state index in [4.69, 9.17) is 11.6 Å². The molecule has 1 heterocycles. The standard InChI is InChI=1S/C7H9ClN2O3/c1-10-5(4(8)3-9-10)6(11)7(12)13-2/h3,6,11H,1-2H3. The summed E-state index contributed by atoms with van der Waals surface area (Å²) in [4.78, 5) is 10.9. The van der Waals surface area contributed by atoms with Crippen molar-refractivity contribution in [3.8, 4) is 0 Å². The minimum Gasteiger partial charge on any atom is -0.467 e. The first kappa shape index (κ1) is 10.0. The number of ether oxygens (including phenoxy) is 1. The highest BCUT2D eigenvalue weighted by molar-refractivity contribution is 6.31. The van der Waals surface area contributed by atoms with E-state index in [9.17, 15) is 9.90 Å². The highest BCUT2D eigenvalue weighted by Gasteiger charge is 2.24. The molecule has 0 saturated heterocycles. The number of aliphatic hydroxyl groups is 1. The van der Waals surface area contributed by atoms with Crippen LogP contribution in [0, 0.1) is 0 Å². The Hall–Kier alpha value is -1.07. The number of hydrogen-bond acceptors (Lipinski definition) is 4. The molecule has 0 aliphatic rings. The summed E-state index contributed by atoms with van der Waals surface area (Å²) in [7, 11) is 2.77. The second-order valence-corrected chi connectivity index (χ2v) is 2.83. The third-order valence-corrected chi connectivity index (χ3v) is 1.91. The van der Waals surface area contributed by atoms with Crippen LogP contribution in [0.3, 0.4) is 0 Å². The second-order valence-electron chi connectivity index (χ2n) is 2.43. The Balaban J connectivity index is 3.00. The van der Waals surface area contributed by atoms with Gasteiger partial charge in [-0.25, -0.2) is 4.79 Å². The first-order valence-electron chi connectivity index (χ1n) is 3.51. The van der Waals surface area contributed by atoms with Crippen LogP contribution in [0.25, 0.3) is 0 Å². The molecule has 0 spiro atoms. The molecule has 0 aromatic carbocycles. The van der Waals surface area contributed by atoms with E-state index in [2.05, 4.69) is 9.84 Å². The molecule has 1 atom stereocenters. The summed E-state index contributed by atoms with van der Waals surface area (Å²) in [5.41, 5.74) is 0.230. The Morgan fingerprint density at radius 3 is 2.85 bits per heavy atom. The molecule has 0 aliphatic heterocycles. The molecule has 1 unspecified atom stereocenters. The largest absolute Gasteiger partial charge is 0.467 e. The number of carbonyl (C=O) groups is 1. The molecule has 13 heavy (non-hydrogen) atoms. The van der Waals surface area contributed by atoms with Crippen molar-refractivity contribution >= 4 is 17.6 Å². The van der Waals surface area contributed by atoms with Crippen molar-refractivity contribution in [2.24, 2.45) is 7.05 Å². The van der Waals surface area contributed by atoms with E-state index in [1.54, 1.807) is 7.05 Å². The van der Waals surface area contributed by atoms with Gasteiger partial charge in [-0.2, -0.15) is 5.10 Å². The third kappa shape index (κ3) is 1.81. The minimum absolute atomic E-state index is 0.230. The van der Waals surface area contributed by atoms with Crippen molar-refractivity contribution in [2.75, 3.05) is 7.11 Å². The van der Waals surface area contributed by atoms with Crippen molar-refractivity contribution in [1.82, 2.24) is 9.78 Å². The molecule has 0 radical (unpaired) electrons. The van der Waals surface area contributed by atoms with E-state index in [-0.39, 0.29) is 10.7 Å². The van der Waals surface area contributed by atoms with Crippen LogP contribution in [0.5, 0.6) is 0 Å². The molecule has 0 saturated carbocycles. The molecule has 1 aromatic rings. The Bertz CT molecular complexity index is 304. The fourth-order valence-electron chi connectivity index (χ4n) is 0.951. The predicted molar refractivity (Wildman–Crippen MR) is 45.2 cm³/mol. The molecule has 5 nitrogen and oxygen atoms in total. The van der Waals surface area contributed by atoms with E-state index in [0.717, 1.165) is 0 Å². The minimum atomic E-state index is -1.38. The van der Waals surface area contributed by atoms with Crippen LogP contribution in [0.4, 0.5) is 0 Å². The smallest absolute Gasteiger partial charge is 0.341 e. The quantitative estimate of drug-likeness (QED) is 0.703. The SMILES string of the molecule is COC(=O)C(O)c1c(Cl)cnn1C. The molecule has 0 bridgehead atoms. The monoisotopic (exact) mass is 204 g/mol. The highest BCUT2D eigenvalue weighted by Crippen LogP contribution is 2.22. The Morgan fingerprint density at radius 2 is 2.46 bits per heavy atom. The molecule has 0 amide bonds. The normalized spacial score (nSPS) is 12.6. The van der Waals surface area contributed by atoms with Crippen molar-refractivity contribution in [2.45, 2.75) is 6.10 Å². The lowest BCUT2D eigenvalue weighted by atomic mass is 10.2. The number of nitrogens with zero attached hydrogens (tertiary/aromatic N) is 2. The van der Waals surface area contributed by atoms with Crippen molar-refractivity contribution in [3.05, 3.63) is 16.9 Å². The maximum atomic E-state index is 10.9. The molecule has 1 N–H and O–H groups in total. The van der Waals surface area contributed by atoms with Gasteiger partial charge in [-0.05, 0) is 0 Å². The summed E-state index contributed by atoms with van der Waals surface area (Å²) < 4.78 is 5.68. The summed E-state index contributed by atoms with van der Waals surface area (Å²) in [5.74, 6) is -0.759. The van der Waals surface area contributed by atoms with Crippen LogP contribution in [0.15, 0.2) is 6.20 Å². The van der Waals surface area contributed by atoms with Gasteiger partial charge in [0.05, 0.1) is 24.0 Å². The van der Waals surface area contributed by atoms with E-state index in [1.165, 1.54) is 18.0 Å². The van der Waals surface area contributed by atoms with E-state index >= 15 is 0 Å². The van der Waals surface area contributed by atoms with Crippen LogP contribution in [-0.2, 0) is 16.6 Å². The highest BCUT2D eigenvalue weighted by atomic mass is 35.5. The number of aromatic nitrogens is 2. The molecule has 1 rings (SSSR count). The number of carbonyl (C=O) groups excluding carboxylic acids is 1. The molecule has 72 valence electrons. The van der Waals surface area contributed by atoms with Gasteiger partial charge in [0.2, 0.25) is 0 Å². The number of rotatable bonds is 2. The van der Waals surface area contributed by atoms with Gasteiger partial charge in [0, 0.05) is 7.05 Å². The summed E-state index contributed by atoms with van der Waals surface area (Å²) >= 11 is 5.69. The fourth-order valence-corrected chi connectivity index (χ4v) is 1.22. The lowest BCUT2D eigenvalue weighted by Gasteiger charge is -2.08. The zero-order valence-corrected chi connectivity index (χ0v) is 7.95. The predicted octanol–water partition coefficient (Wildman–Crippen LogP) is 0.280. The van der Waals surface area contributed by atoms with Gasteiger partial charge in [0.15, 0.2) is 6.10 Å². The van der Waals surface area contributed by atoms with Crippen molar-refractivity contribution in [3.63, 3.8) is 0 Å². The van der Waals surface area contributed by atoms with Gasteiger partial charge in [0.25, 0.3) is 0 Å². The van der Waals surface area contributed by atoms with Crippen LogP contribution < -0.4 is 0 Å². The fraction of sp³-hybridized carbons (Fsp3) is 0.429. The Morgan fingerprint density at radius 1 is 1.85 bits per heavy atom. The zero-order chi connectivity index (χ0) is 10.0. The van der Waals surface area contributed by atoms with E-state index in [1.807, 2.05) is 0 Å². The van der Waals surface area contributed by atoms with E-state index in [0.29, 0.717) is 0 Å². The topological polar surface area (TPSA) is 64.3 Å². The number of aliphatic hydroxyl groups excluding tert-OH is 1. The van der Waals surface area contributed by atoms with Crippen molar-refractivity contribution in [1.29, 1.82) is 0 Å². The summed E-state index contributed by atoms with van der Waals surface area (Å²) in [5, 5.41) is 13.4. The maximum absolute atomic E-state index is 10.9. The average Bonchev–Trinajstić information content (AvgIpc) is 2.44. The Labute approximate surface area is 79.9 Å². The molecule has 0 fully saturated rings. The van der Waals surface area contributed by atoms with Gasteiger partial charge in [0.1, 0.15) is 0 Å². The van der Waals surface area contributed by atoms with Gasteiger partial charge in [-0.15, -0.1) is 0 Å². The number of esters is 1. The number of methoxy groups -OCH3 is 1. The first-order valence-corrected chi connectivity index (χ1v) is 3.89. The zero-order valence-electron chi connectivity index (χ0n) is 7.19. The second kappa shape index (κ2) is 3.76. The maximum Gasteiger partial charge on any atom is 0.341 e. The number of hydrogen-bond donors (Lipinski definition) is 1. The molecular formula is C7H9ClN2O3. The lowest BCUT2D eigenvalue weighted by Crippen LogP contribution is -2.17. The first-order chi connectivity index (χ1) is 6.07. The molecule has 0 aliphatic carbocycles. The molecule has 1 aromatic heterocycles. The average molecular weight is 205 g/mol. The van der Waals surface area contributed by atoms with Crippen LogP contribution >= 0.6 is 11.6 Å². The van der Waals surface area contributed by atoms with Crippen molar-refractivity contribution < 1.29 is 14.6 Å². The summed E-state index contributed by atoms with van der Waals surface area (Å²) in [6.07, 6.45) is -0.0340. The summed E-state index contributed by atoms with van der Waals surface area (Å²) in [6.45, 7) is 0. The van der Waals surface area contributed by atoms with E-state index < -0.39 is 12.1 Å². The third-order valence-electron chi connectivity index (χ3n) is 1.62. The molecular weight excluding hydrogens is 196 g/mol. The van der Waals surface area contributed by atoms with Gasteiger partial charge in [-0.3, -0.25) is 4.68 Å². The Kier molecular flexibility index (Phi) is 2.90. The van der Waals surface area contributed by atoms with Crippen LogP contribution in [-0.4, -0.2) is 28.0 Å². The van der Waals surface area contributed by atoms with Crippen LogP contribution in [0.1, 0.15) is 11.8 Å². The summed E-state index contributed by atoms with van der Waals surface area (Å²) in [6, 6.07) is 0. The van der Waals surface area contributed by atoms with Gasteiger partial charge in [-0.1, -0.05) is 11.6 Å².